The number of nitrogens with zero attached hydrogens (tertiary/aromatic N) is 2. The fraction of sp³-hybridized carbons (Fsp3) is 0.636. The number of hydrogen-bond donors (Lipinski definition) is 1. The Labute approximate surface area is 85.9 Å². The third-order valence-electron chi connectivity index (χ3n) is 2.59. The summed E-state index contributed by atoms with van der Waals surface area (Å²) < 4.78 is 0. The van der Waals surface area contributed by atoms with Gasteiger partial charge in [-0.1, -0.05) is 20.3 Å². The molecule has 3 heteroatoms. The highest BCUT2D eigenvalue weighted by Gasteiger charge is 2.16. The quantitative estimate of drug-likeness (QED) is 0.778. The van der Waals surface area contributed by atoms with Gasteiger partial charge in [0.25, 0.3) is 0 Å². The maximum absolute atomic E-state index is 3.91. The maximum atomic E-state index is 3.91. The van der Waals surface area contributed by atoms with E-state index < -0.39 is 0 Å². The zero-order valence-corrected chi connectivity index (χ0v) is 9.20. The van der Waals surface area contributed by atoms with E-state index >= 15 is 0 Å². The van der Waals surface area contributed by atoms with Crippen molar-refractivity contribution in [3.8, 4) is 0 Å². The van der Waals surface area contributed by atoms with Gasteiger partial charge >= 0.3 is 0 Å². The molecule has 1 aromatic heterocycles. The first-order valence-electron chi connectivity index (χ1n) is 5.23. The molecule has 0 aliphatic carbocycles. The smallest absolute Gasteiger partial charge is 0.0544 e. The van der Waals surface area contributed by atoms with Gasteiger partial charge < -0.3 is 5.32 Å². The minimum absolute atomic E-state index is 0.394. The number of nitrogens with one attached hydrogen (secondary N) is 1. The lowest BCUT2D eigenvalue weighted by atomic mass is 9.92. The van der Waals surface area contributed by atoms with Gasteiger partial charge in [-0.25, -0.2) is 0 Å². The van der Waals surface area contributed by atoms with Gasteiger partial charge in [-0.15, -0.1) is 0 Å². The van der Waals surface area contributed by atoms with Gasteiger partial charge in [0.15, 0.2) is 0 Å². The Morgan fingerprint density at radius 2 is 2.21 bits per heavy atom. The zero-order chi connectivity index (χ0) is 10.4. The first-order chi connectivity index (χ1) is 6.79. The van der Waals surface area contributed by atoms with Crippen molar-refractivity contribution in [2.45, 2.75) is 32.7 Å². The van der Waals surface area contributed by atoms with Crippen LogP contribution in [-0.2, 0) is 0 Å². The van der Waals surface area contributed by atoms with E-state index in [4.69, 9.17) is 0 Å². The molecule has 1 N–H and O–H groups in total. The van der Waals surface area contributed by atoms with E-state index in [1.165, 1.54) is 18.4 Å². The maximum Gasteiger partial charge on any atom is 0.0544 e. The summed E-state index contributed by atoms with van der Waals surface area (Å²) in [5, 5.41) is 11.0. The molecule has 0 aliphatic heterocycles. The molecule has 1 heterocycles. The van der Waals surface area contributed by atoms with Crippen LogP contribution in [0.5, 0.6) is 0 Å². The molecule has 2 atom stereocenters. The fourth-order valence-corrected chi connectivity index (χ4v) is 1.89. The van der Waals surface area contributed by atoms with Crippen molar-refractivity contribution in [1.82, 2.24) is 15.5 Å². The second kappa shape index (κ2) is 5.70. The highest BCUT2D eigenvalue weighted by molar-refractivity contribution is 5.12. The van der Waals surface area contributed by atoms with Crippen LogP contribution < -0.4 is 5.32 Å². The lowest BCUT2D eigenvalue weighted by Gasteiger charge is -2.22. The van der Waals surface area contributed by atoms with Crippen LogP contribution in [0.2, 0.25) is 0 Å². The summed E-state index contributed by atoms with van der Waals surface area (Å²) >= 11 is 0. The normalized spacial score (nSPS) is 15.1. The number of aromatic nitrogens is 2. The Bertz CT molecular complexity index is 248. The molecule has 0 spiro atoms. The van der Waals surface area contributed by atoms with E-state index in [1.54, 1.807) is 6.20 Å². The minimum atomic E-state index is 0.394. The van der Waals surface area contributed by atoms with Gasteiger partial charge in [-0.2, -0.15) is 10.2 Å². The molecule has 14 heavy (non-hydrogen) atoms. The van der Waals surface area contributed by atoms with Crippen molar-refractivity contribution < 1.29 is 0 Å². The molecule has 3 nitrogen and oxygen atoms in total. The molecule has 1 rings (SSSR count). The summed E-state index contributed by atoms with van der Waals surface area (Å²) in [5.74, 6) is 0.634. The van der Waals surface area contributed by atoms with Crippen LogP contribution in [0, 0.1) is 5.92 Å². The second-order valence-electron chi connectivity index (χ2n) is 3.71. The molecular formula is C11H19N3. The van der Waals surface area contributed by atoms with Gasteiger partial charge in [0.05, 0.1) is 6.20 Å². The van der Waals surface area contributed by atoms with E-state index in [0.717, 1.165) is 0 Å². The highest BCUT2D eigenvalue weighted by Crippen LogP contribution is 2.23. The van der Waals surface area contributed by atoms with E-state index in [2.05, 4.69) is 29.4 Å². The van der Waals surface area contributed by atoms with Crippen molar-refractivity contribution in [3.05, 3.63) is 24.0 Å². The van der Waals surface area contributed by atoms with Crippen LogP contribution in [0.25, 0.3) is 0 Å². The Morgan fingerprint density at radius 1 is 1.43 bits per heavy atom. The van der Waals surface area contributed by atoms with Crippen LogP contribution in [0.4, 0.5) is 0 Å². The van der Waals surface area contributed by atoms with Crippen LogP contribution >= 0.6 is 0 Å². The van der Waals surface area contributed by atoms with Gasteiger partial charge in [-0.3, -0.25) is 0 Å². The molecular weight excluding hydrogens is 174 g/mol. The van der Waals surface area contributed by atoms with Crippen molar-refractivity contribution in [3.63, 3.8) is 0 Å². The number of rotatable bonds is 5. The van der Waals surface area contributed by atoms with Crippen molar-refractivity contribution in [2.24, 2.45) is 5.92 Å². The van der Waals surface area contributed by atoms with E-state index in [-0.39, 0.29) is 0 Å². The van der Waals surface area contributed by atoms with Gasteiger partial charge in [0, 0.05) is 12.2 Å². The SMILES string of the molecule is CCCC(C)C(NC)c1ccnnc1. The lowest BCUT2D eigenvalue weighted by molar-refractivity contribution is 0.382. The van der Waals surface area contributed by atoms with Gasteiger partial charge in [-0.05, 0) is 31.0 Å². The van der Waals surface area contributed by atoms with Crippen LogP contribution in [0.15, 0.2) is 18.5 Å². The third-order valence-corrected chi connectivity index (χ3v) is 2.59. The molecule has 2 unspecified atom stereocenters. The van der Waals surface area contributed by atoms with E-state index in [1.807, 2.05) is 19.3 Å². The Kier molecular flexibility index (Phi) is 4.53. The van der Waals surface area contributed by atoms with E-state index in [9.17, 15) is 0 Å². The van der Waals surface area contributed by atoms with Crippen molar-refractivity contribution >= 4 is 0 Å². The first-order valence-corrected chi connectivity index (χ1v) is 5.23. The van der Waals surface area contributed by atoms with E-state index in [0.29, 0.717) is 12.0 Å². The molecule has 0 saturated carbocycles. The summed E-state index contributed by atoms with van der Waals surface area (Å²) in [6, 6.07) is 2.42. The molecule has 0 aromatic carbocycles. The second-order valence-corrected chi connectivity index (χ2v) is 3.71. The lowest BCUT2D eigenvalue weighted by Crippen LogP contribution is -2.23. The topological polar surface area (TPSA) is 37.8 Å². The Balaban J connectivity index is 2.71. The predicted molar refractivity (Wildman–Crippen MR) is 57.9 cm³/mol. The predicted octanol–water partition coefficient (Wildman–Crippen LogP) is 2.17. The Hall–Kier alpha value is -0.960. The summed E-state index contributed by atoms with van der Waals surface area (Å²) in [4.78, 5) is 0. The summed E-state index contributed by atoms with van der Waals surface area (Å²) in [6.45, 7) is 4.49. The van der Waals surface area contributed by atoms with Crippen LogP contribution in [0.3, 0.4) is 0 Å². The summed E-state index contributed by atoms with van der Waals surface area (Å²) in [7, 11) is 2.00. The molecule has 0 radical (unpaired) electrons. The van der Waals surface area contributed by atoms with Gasteiger partial charge in [0.2, 0.25) is 0 Å². The average Bonchev–Trinajstić information content (AvgIpc) is 2.21. The molecule has 0 fully saturated rings. The average molecular weight is 193 g/mol. The monoisotopic (exact) mass is 193 g/mol. The van der Waals surface area contributed by atoms with Crippen molar-refractivity contribution in [2.75, 3.05) is 7.05 Å². The van der Waals surface area contributed by atoms with Gasteiger partial charge in [0.1, 0.15) is 0 Å². The summed E-state index contributed by atoms with van der Waals surface area (Å²) in [5.41, 5.74) is 1.23. The summed E-state index contributed by atoms with van der Waals surface area (Å²) in [6.07, 6.45) is 6.04. The molecule has 1 aromatic rings. The van der Waals surface area contributed by atoms with Crippen LogP contribution in [0.1, 0.15) is 38.3 Å². The molecule has 0 bridgehead atoms. The third kappa shape index (κ3) is 2.77. The molecule has 0 saturated heterocycles. The fourth-order valence-electron chi connectivity index (χ4n) is 1.89. The standard InChI is InChI=1S/C11H19N3/c1-4-5-9(2)11(12-3)10-6-7-13-14-8-10/h6-9,11-12H,4-5H2,1-3H3. The molecule has 0 aliphatic rings. The molecule has 78 valence electrons. The first kappa shape index (κ1) is 11.1. The molecule has 0 amide bonds. The highest BCUT2D eigenvalue weighted by atomic mass is 15.1. The Morgan fingerprint density at radius 3 is 2.71 bits per heavy atom. The van der Waals surface area contributed by atoms with Crippen molar-refractivity contribution in [1.29, 1.82) is 0 Å². The zero-order valence-electron chi connectivity index (χ0n) is 9.20. The largest absolute Gasteiger partial charge is 0.313 e. The number of hydrogen-bond acceptors (Lipinski definition) is 3. The minimum Gasteiger partial charge on any atom is -0.313 e. The van der Waals surface area contributed by atoms with Crippen LogP contribution in [-0.4, -0.2) is 17.2 Å².